The Morgan fingerprint density at radius 3 is 2.17 bits per heavy atom. The molecular formula is C20H20ClF2N. The Morgan fingerprint density at radius 1 is 1.00 bits per heavy atom. The largest absolute Gasteiger partial charge is 0.359 e. The van der Waals surface area contributed by atoms with Crippen molar-refractivity contribution in [2.24, 2.45) is 0 Å². The summed E-state index contributed by atoms with van der Waals surface area (Å²) in [5.74, 6) is -1.37. The molecule has 2 aromatic rings. The molecule has 1 heterocycles. The lowest BCUT2D eigenvalue weighted by atomic mass is 9.91. The summed E-state index contributed by atoms with van der Waals surface area (Å²) in [4.78, 5) is 0. The van der Waals surface area contributed by atoms with E-state index < -0.39 is 11.6 Å². The molecule has 1 aliphatic heterocycles. The predicted molar refractivity (Wildman–Crippen MR) is 97.5 cm³/mol. The first-order valence-corrected chi connectivity index (χ1v) is 8.32. The van der Waals surface area contributed by atoms with E-state index in [1.54, 1.807) is 0 Å². The average molecular weight is 348 g/mol. The second-order valence-electron chi connectivity index (χ2n) is 5.19. The van der Waals surface area contributed by atoms with Gasteiger partial charge in [0.05, 0.1) is 11.3 Å². The molecule has 0 radical (unpaired) electrons. The van der Waals surface area contributed by atoms with Gasteiger partial charge in [0.25, 0.3) is 0 Å². The molecule has 0 aromatic heterocycles. The number of rotatable bonds is 2. The zero-order valence-corrected chi connectivity index (χ0v) is 14.6. The van der Waals surface area contributed by atoms with Gasteiger partial charge in [-0.25, -0.2) is 8.78 Å². The second kappa shape index (κ2) is 8.11. The van der Waals surface area contributed by atoms with Gasteiger partial charge in [0.1, 0.15) is 11.6 Å². The van der Waals surface area contributed by atoms with E-state index in [2.05, 4.69) is 11.9 Å². The van der Waals surface area contributed by atoms with Crippen molar-refractivity contribution in [2.75, 3.05) is 0 Å². The number of hydrogen-bond acceptors (Lipinski definition) is 1. The van der Waals surface area contributed by atoms with Crippen LogP contribution in [0.1, 0.15) is 37.8 Å². The summed E-state index contributed by atoms with van der Waals surface area (Å²) < 4.78 is 28.6. The number of hydrogen-bond donors (Lipinski definition) is 1. The first-order valence-electron chi connectivity index (χ1n) is 7.94. The summed E-state index contributed by atoms with van der Waals surface area (Å²) in [6.45, 7) is 7.88. The summed E-state index contributed by atoms with van der Waals surface area (Å²) in [5.41, 5.74) is 2.88. The highest BCUT2D eigenvalue weighted by atomic mass is 35.5. The normalized spacial score (nSPS) is 14.0. The van der Waals surface area contributed by atoms with E-state index in [-0.39, 0.29) is 10.6 Å². The van der Waals surface area contributed by atoms with Crippen LogP contribution >= 0.6 is 11.6 Å². The van der Waals surface area contributed by atoms with E-state index in [9.17, 15) is 8.78 Å². The van der Waals surface area contributed by atoms with Crippen molar-refractivity contribution in [3.8, 4) is 0 Å². The lowest BCUT2D eigenvalue weighted by Crippen LogP contribution is -2.19. The van der Waals surface area contributed by atoms with E-state index in [4.69, 9.17) is 11.6 Å². The van der Waals surface area contributed by atoms with Crippen LogP contribution in [0, 0.1) is 11.6 Å². The maximum atomic E-state index is 14.3. The van der Waals surface area contributed by atoms with Crippen molar-refractivity contribution in [3.05, 3.63) is 82.5 Å². The van der Waals surface area contributed by atoms with Gasteiger partial charge < -0.3 is 5.32 Å². The second-order valence-corrected chi connectivity index (χ2v) is 5.63. The lowest BCUT2D eigenvalue weighted by Gasteiger charge is -2.25. The van der Waals surface area contributed by atoms with Gasteiger partial charge in [0.2, 0.25) is 0 Å². The molecule has 0 bridgehead atoms. The fraction of sp³-hybridized carbons (Fsp3) is 0.200. The quantitative estimate of drug-likeness (QED) is 0.661. The molecule has 24 heavy (non-hydrogen) atoms. The maximum Gasteiger partial charge on any atom is 0.136 e. The third-order valence-electron chi connectivity index (χ3n) is 3.66. The Bertz CT molecular complexity index is 743. The molecule has 0 saturated carbocycles. The van der Waals surface area contributed by atoms with Crippen LogP contribution in [-0.4, -0.2) is 0 Å². The first kappa shape index (κ1) is 18.2. The fourth-order valence-electron chi connectivity index (χ4n) is 2.64. The minimum atomic E-state index is -0.685. The standard InChI is InChI=1S/C18H14ClF2N.C2H6/c1-11-7-8-14(12-5-3-2-4-6-12)18(22-11)17-15(20)9-13(19)10-16(17)21;1-2/h2-6,9-10,22H,1,7-8H2;1-2H3. The molecule has 0 aliphatic carbocycles. The third-order valence-corrected chi connectivity index (χ3v) is 3.88. The fourth-order valence-corrected chi connectivity index (χ4v) is 2.83. The topological polar surface area (TPSA) is 12.0 Å². The van der Waals surface area contributed by atoms with Crippen molar-refractivity contribution >= 4 is 22.9 Å². The highest BCUT2D eigenvalue weighted by molar-refractivity contribution is 6.30. The molecule has 2 aromatic carbocycles. The van der Waals surface area contributed by atoms with Crippen LogP contribution in [-0.2, 0) is 0 Å². The van der Waals surface area contributed by atoms with Gasteiger partial charge in [-0.15, -0.1) is 0 Å². The zero-order valence-electron chi connectivity index (χ0n) is 13.8. The van der Waals surface area contributed by atoms with Gasteiger partial charge in [-0.3, -0.25) is 0 Å². The van der Waals surface area contributed by atoms with Crippen LogP contribution in [0.5, 0.6) is 0 Å². The summed E-state index contributed by atoms with van der Waals surface area (Å²) in [6, 6.07) is 11.8. The Kier molecular flexibility index (Phi) is 6.16. The predicted octanol–water partition coefficient (Wildman–Crippen LogP) is 6.41. The van der Waals surface area contributed by atoms with Crippen LogP contribution in [0.25, 0.3) is 11.3 Å². The zero-order chi connectivity index (χ0) is 17.7. The van der Waals surface area contributed by atoms with Gasteiger partial charge in [0, 0.05) is 10.7 Å². The number of halogens is 3. The lowest BCUT2D eigenvalue weighted by molar-refractivity contribution is 0.574. The minimum absolute atomic E-state index is 0.0373. The molecular weight excluding hydrogens is 328 g/mol. The van der Waals surface area contributed by atoms with Crippen LogP contribution in [0.4, 0.5) is 8.78 Å². The first-order chi connectivity index (χ1) is 11.6. The number of benzene rings is 2. The van der Waals surface area contributed by atoms with E-state index in [1.807, 2.05) is 44.2 Å². The van der Waals surface area contributed by atoms with E-state index in [1.165, 1.54) is 0 Å². The van der Waals surface area contributed by atoms with Crippen molar-refractivity contribution in [1.82, 2.24) is 5.32 Å². The van der Waals surface area contributed by atoms with Gasteiger partial charge in [0.15, 0.2) is 0 Å². The monoisotopic (exact) mass is 347 g/mol. The summed E-state index contributed by atoms with van der Waals surface area (Å²) in [7, 11) is 0. The molecule has 3 rings (SSSR count). The Labute approximate surface area is 146 Å². The average Bonchev–Trinajstić information content (AvgIpc) is 2.57. The maximum absolute atomic E-state index is 14.3. The highest BCUT2D eigenvalue weighted by Crippen LogP contribution is 2.36. The Balaban J connectivity index is 0.00000100. The van der Waals surface area contributed by atoms with Crippen LogP contribution < -0.4 is 5.32 Å². The molecule has 1 nitrogen and oxygen atoms in total. The van der Waals surface area contributed by atoms with Crippen LogP contribution in [0.15, 0.2) is 54.7 Å². The SMILES string of the molecule is C=C1CCC(c2ccccc2)=C(c2c(F)cc(Cl)cc2F)N1.CC. The van der Waals surface area contributed by atoms with Crippen molar-refractivity contribution < 1.29 is 8.78 Å². The molecule has 0 fully saturated rings. The van der Waals surface area contributed by atoms with Gasteiger partial charge >= 0.3 is 0 Å². The van der Waals surface area contributed by atoms with Crippen LogP contribution in [0.3, 0.4) is 0 Å². The molecule has 1 aliphatic rings. The smallest absolute Gasteiger partial charge is 0.136 e. The number of allylic oxidation sites excluding steroid dienone is 2. The molecule has 4 heteroatoms. The highest BCUT2D eigenvalue weighted by Gasteiger charge is 2.23. The molecule has 0 spiro atoms. The Morgan fingerprint density at radius 2 is 1.58 bits per heavy atom. The number of nitrogens with one attached hydrogen (secondary N) is 1. The van der Waals surface area contributed by atoms with Gasteiger partial charge in [-0.05, 0) is 36.1 Å². The van der Waals surface area contributed by atoms with E-state index in [0.717, 1.165) is 35.4 Å². The molecule has 0 unspecified atom stereocenters. The molecule has 0 amide bonds. The molecule has 0 atom stereocenters. The molecule has 126 valence electrons. The van der Waals surface area contributed by atoms with Crippen molar-refractivity contribution in [3.63, 3.8) is 0 Å². The minimum Gasteiger partial charge on any atom is -0.359 e. The van der Waals surface area contributed by atoms with E-state index in [0.29, 0.717) is 12.1 Å². The van der Waals surface area contributed by atoms with Gasteiger partial charge in [-0.2, -0.15) is 0 Å². The molecule has 1 N–H and O–H groups in total. The van der Waals surface area contributed by atoms with Crippen molar-refractivity contribution in [1.29, 1.82) is 0 Å². The van der Waals surface area contributed by atoms with Crippen molar-refractivity contribution in [2.45, 2.75) is 26.7 Å². The van der Waals surface area contributed by atoms with Crippen LogP contribution in [0.2, 0.25) is 5.02 Å². The summed E-state index contributed by atoms with van der Waals surface area (Å²) in [6.07, 6.45) is 1.40. The summed E-state index contributed by atoms with van der Waals surface area (Å²) in [5, 5.41) is 3.08. The Hall–Kier alpha value is -2.13. The third kappa shape index (κ3) is 3.85. The summed E-state index contributed by atoms with van der Waals surface area (Å²) >= 11 is 5.71. The van der Waals surface area contributed by atoms with E-state index >= 15 is 0 Å². The van der Waals surface area contributed by atoms with Gasteiger partial charge in [-0.1, -0.05) is 62.4 Å². The molecule has 0 saturated heterocycles.